The first kappa shape index (κ1) is 19.4. The van der Waals surface area contributed by atoms with Gasteiger partial charge in [0.2, 0.25) is 15.9 Å². The molecule has 0 saturated heterocycles. The number of nitrogens with one attached hydrogen (secondary N) is 2. The maximum Gasteiger partial charge on any atom is 0.221 e. The molecule has 0 aromatic heterocycles. The lowest BCUT2D eigenvalue weighted by molar-refractivity contribution is -0.121. The third-order valence-corrected chi connectivity index (χ3v) is 4.08. The van der Waals surface area contributed by atoms with Crippen LogP contribution < -0.4 is 14.8 Å². The minimum Gasteiger partial charge on any atom is -0.497 e. The molecule has 0 spiro atoms. The van der Waals surface area contributed by atoms with Crippen molar-refractivity contribution < 1.29 is 17.9 Å². The highest BCUT2D eigenvalue weighted by Gasteiger charge is 2.19. The molecule has 1 aromatic rings. The molecular formula is C16H26N2O4S. The van der Waals surface area contributed by atoms with Crippen molar-refractivity contribution in [2.45, 2.75) is 38.6 Å². The molecule has 1 amide bonds. The van der Waals surface area contributed by atoms with Crippen molar-refractivity contribution in [2.24, 2.45) is 0 Å². The molecule has 0 radical (unpaired) electrons. The van der Waals surface area contributed by atoms with Crippen LogP contribution in [0.2, 0.25) is 0 Å². The van der Waals surface area contributed by atoms with Gasteiger partial charge in [-0.05, 0) is 24.1 Å². The maximum atomic E-state index is 12.0. The van der Waals surface area contributed by atoms with E-state index in [9.17, 15) is 13.2 Å². The highest BCUT2D eigenvalue weighted by molar-refractivity contribution is 7.88. The molecule has 0 fully saturated rings. The van der Waals surface area contributed by atoms with Crippen LogP contribution in [0.5, 0.6) is 5.75 Å². The average Bonchev–Trinajstić information content (AvgIpc) is 2.50. The molecule has 23 heavy (non-hydrogen) atoms. The van der Waals surface area contributed by atoms with Crippen LogP contribution in [0.15, 0.2) is 24.3 Å². The molecular weight excluding hydrogens is 316 g/mol. The van der Waals surface area contributed by atoms with Crippen molar-refractivity contribution in [2.75, 3.05) is 19.9 Å². The summed E-state index contributed by atoms with van der Waals surface area (Å²) in [5.41, 5.74) is 0.722. The third kappa shape index (κ3) is 7.99. The summed E-state index contributed by atoms with van der Waals surface area (Å²) in [4.78, 5) is 12.0. The van der Waals surface area contributed by atoms with Gasteiger partial charge in [0.05, 0.1) is 19.4 Å². The molecule has 2 N–H and O–H groups in total. The van der Waals surface area contributed by atoms with Crippen molar-refractivity contribution in [3.63, 3.8) is 0 Å². The molecule has 7 heteroatoms. The summed E-state index contributed by atoms with van der Waals surface area (Å²) in [7, 11) is -1.86. The van der Waals surface area contributed by atoms with Gasteiger partial charge in [0.15, 0.2) is 0 Å². The second-order valence-corrected chi connectivity index (χ2v) is 7.26. The molecule has 0 heterocycles. The molecule has 1 atom stereocenters. The first-order valence-electron chi connectivity index (χ1n) is 7.73. The Hall–Kier alpha value is -1.60. The fraction of sp³-hybridized carbons (Fsp3) is 0.562. The Labute approximate surface area is 138 Å². The summed E-state index contributed by atoms with van der Waals surface area (Å²) in [6.45, 7) is 2.71. The molecule has 130 valence electrons. The van der Waals surface area contributed by atoms with Crippen LogP contribution in [0.4, 0.5) is 0 Å². The Kier molecular flexibility index (Phi) is 8.05. The lowest BCUT2D eigenvalue weighted by atomic mass is 10.0. The van der Waals surface area contributed by atoms with E-state index >= 15 is 0 Å². The smallest absolute Gasteiger partial charge is 0.221 e. The zero-order chi connectivity index (χ0) is 17.3. The second-order valence-electron chi connectivity index (χ2n) is 5.48. The van der Waals surface area contributed by atoms with Crippen LogP contribution in [0.3, 0.4) is 0 Å². The molecule has 0 unspecified atom stereocenters. The number of hydrogen-bond donors (Lipinski definition) is 2. The Morgan fingerprint density at radius 1 is 1.22 bits per heavy atom. The number of ether oxygens (including phenoxy) is 1. The van der Waals surface area contributed by atoms with E-state index in [4.69, 9.17) is 4.74 Å². The molecule has 6 nitrogen and oxygen atoms in total. The number of amides is 1. The zero-order valence-electron chi connectivity index (χ0n) is 14.0. The van der Waals surface area contributed by atoms with Crippen LogP contribution in [-0.4, -0.2) is 34.2 Å². The highest BCUT2D eigenvalue weighted by Crippen LogP contribution is 2.21. The van der Waals surface area contributed by atoms with Gasteiger partial charge in [0, 0.05) is 13.0 Å². The Balaban J connectivity index is 2.73. The van der Waals surface area contributed by atoms with E-state index in [0.29, 0.717) is 12.3 Å². The molecule has 0 aliphatic heterocycles. The molecule has 1 rings (SSSR count). The summed E-state index contributed by atoms with van der Waals surface area (Å²) in [6, 6.07) is 6.40. The number of hydrogen-bond acceptors (Lipinski definition) is 4. The predicted molar refractivity (Wildman–Crippen MR) is 90.9 cm³/mol. The Morgan fingerprint density at radius 2 is 1.87 bits per heavy atom. The van der Waals surface area contributed by atoms with E-state index in [1.54, 1.807) is 31.4 Å². The lowest BCUT2D eigenvalue weighted by Gasteiger charge is -2.18. The summed E-state index contributed by atoms with van der Waals surface area (Å²) < 4.78 is 30.7. The van der Waals surface area contributed by atoms with E-state index in [1.807, 2.05) is 0 Å². The van der Waals surface area contributed by atoms with E-state index in [2.05, 4.69) is 17.0 Å². The van der Waals surface area contributed by atoms with Crippen LogP contribution in [0.25, 0.3) is 0 Å². The van der Waals surface area contributed by atoms with Crippen LogP contribution in [0.1, 0.15) is 44.2 Å². The molecule has 1 aromatic carbocycles. The van der Waals surface area contributed by atoms with Gasteiger partial charge < -0.3 is 10.1 Å². The first-order chi connectivity index (χ1) is 10.9. The highest BCUT2D eigenvalue weighted by atomic mass is 32.2. The van der Waals surface area contributed by atoms with Crippen molar-refractivity contribution >= 4 is 15.9 Å². The normalized spacial score (nSPS) is 12.7. The number of methoxy groups -OCH3 is 1. The van der Waals surface area contributed by atoms with Gasteiger partial charge in [-0.2, -0.15) is 0 Å². The molecule has 0 saturated carbocycles. The van der Waals surface area contributed by atoms with Gasteiger partial charge in [0.25, 0.3) is 0 Å². The predicted octanol–water partition coefficient (Wildman–Crippen LogP) is 1.98. The first-order valence-corrected chi connectivity index (χ1v) is 9.62. The van der Waals surface area contributed by atoms with Gasteiger partial charge in [-0.3, -0.25) is 4.79 Å². The summed E-state index contributed by atoms with van der Waals surface area (Å²) in [5.74, 6) is 0.508. The number of benzene rings is 1. The van der Waals surface area contributed by atoms with E-state index < -0.39 is 16.1 Å². The van der Waals surface area contributed by atoms with E-state index in [0.717, 1.165) is 31.1 Å². The standard InChI is InChI=1S/C16H26N2O4S/c1-4-5-6-11-17-16(19)12-15(18-23(3,20)21)13-7-9-14(22-2)10-8-13/h7-10,15,18H,4-6,11-12H2,1-3H3,(H,17,19)/t15-/m0/s1. The fourth-order valence-corrected chi connectivity index (χ4v) is 2.92. The minimum absolute atomic E-state index is 0.0610. The topological polar surface area (TPSA) is 84.5 Å². The quantitative estimate of drug-likeness (QED) is 0.637. The van der Waals surface area contributed by atoms with Crippen LogP contribution in [-0.2, 0) is 14.8 Å². The van der Waals surface area contributed by atoms with Gasteiger partial charge in [-0.15, -0.1) is 0 Å². The van der Waals surface area contributed by atoms with Crippen molar-refractivity contribution in [3.05, 3.63) is 29.8 Å². The van der Waals surface area contributed by atoms with Gasteiger partial charge in [-0.1, -0.05) is 31.9 Å². The van der Waals surface area contributed by atoms with Crippen molar-refractivity contribution in [1.82, 2.24) is 10.0 Å². The number of carbonyl (C=O) groups excluding carboxylic acids is 1. The van der Waals surface area contributed by atoms with Gasteiger partial charge in [-0.25, -0.2) is 13.1 Å². The SMILES string of the molecule is CCCCCNC(=O)C[C@H](NS(C)(=O)=O)c1ccc(OC)cc1. The molecule has 0 bridgehead atoms. The molecule has 0 aliphatic carbocycles. The largest absolute Gasteiger partial charge is 0.497 e. The molecule has 0 aliphatic rings. The van der Waals surface area contributed by atoms with Crippen molar-refractivity contribution in [3.8, 4) is 5.75 Å². The van der Waals surface area contributed by atoms with Gasteiger partial charge in [0.1, 0.15) is 5.75 Å². The van der Waals surface area contributed by atoms with E-state index in [-0.39, 0.29) is 12.3 Å². The Bertz CT molecular complexity index is 585. The maximum absolute atomic E-state index is 12.0. The monoisotopic (exact) mass is 342 g/mol. The third-order valence-electron chi connectivity index (χ3n) is 3.37. The summed E-state index contributed by atoms with van der Waals surface area (Å²) >= 11 is 0. The minimum atomic E-state index is -3.42. The summed E-state index contributed by atoms with van der Waals surface area (Å²) in [6.07, 6.45) is 4.22. The number of carbonyl (C=O) groups is 1. The number of unbranched alkanes of at least 4 members (excludes halogenated alkanes) is 2. The van der Waals surface area contributed by atoms with Crippen LogP contribution >= 0.6 is 0 Å². The lowest BCUT2D eigenvalue weighted by Crippen LogP contribution is -2.33. The Morgan fingerprint density at radius 3 is 2.39 bits per heavy atom. The number of rotatable bonds is 10. The van der Waals surface area contributed by atoms with Crippen LogP contribution in [0, 0.1) is 0 Å². The number of sulfonamides is 1. The fourth-order valence-electron chi connectivity index (χ4n) is 2.18. The zero-order valence-corrected chi connectivity index (χ0v) is 14.8. The van der Waals surface area contributed by atoms with Gasteiger partial charge >= 0.3 is 0 Å². The average molecular weight is 342 g/mol. The summed E-state index contributed by atoms with van der Waals surface area (Å²) in [5, 5.41) is 2.83. The van der Waals surface area contributed by atoms with Crippen molar-refractivity contribution in [1.29, 1.82) is 0 Å². The van der Waals surface area contributed by atoms with E-state index in [1.165, 1.54) is 0 Å². The second kappa shape index (κ2) is 9.52.